The average molecular weight is 138 g/mol. The molecular weight excluding hydrogens is 124 g/mol. The van der Waals surface area contributed by atoms with Crippen LogP contribution >= 0.6 is 0 Å². The van der Waals surface area contributed by atoms with Crippen LogP contribution in [0.25, 0.3) is 0 Å². The Balaban J connectivity index is 2.23. The first-order chi connectivity index (χ1) is 4.88. The number of nitrogens with two attached hydrogens (primary N) is 1. The summed E-state index contributed by atoms with van der Waals surface area (Å²) in [6.45, 7) is 1.86. The zero-order valence-electron chi connectivity index (χ0n) is 6.35. The van der Waals surface area contributed by atoms with Gasteiger partial charge in [-0.25, -0.2) is 0 Å². The second-order valence-electron chi connectivity index (χ2n) is 2.74. The molecule has 0 amide bonds. The minimum atomic E-state index is 0.437. The minimum absolute atomic E-state index is 0.437. The molecule has 2 nitrogen and oxygen atoms in total. The van der Waals surface area contributed by atoms with Gasteiger partial charge in [-0.3, -0.25) is 11.3 Å². The molecule has 3 N–H and O–H groups in total. The molecule has 1 fully saturated rings. The number of hydrazine groups is 1. The van der Waals surface area contributed by atoms with Crippen LogP contribution in [0, 0.1) is 17.8 Å². The van der Waals surface area contributed by atoms with Gasteiger partial charge in [0.1, 0.15) is 0 Å². The highest BCUT2D eigenvalue weighted by Crippen LogP contribution is 2.33. The van der Waals surface area contributed by atoms with Gasteiger partial charge in [0.2, 0.25) is 0 Å². The zero-order valence-corrected chi connectivity index (χ0v) is 6.35. The predicted molar refractivity (Wildman–Crippen MR) is 41.9 cm³/mol. The molecule has 0 aromatic rings. The summed E-state index contributed by atoms with van der Waals surface area (Å²) in [6.07, 6.45) is 3.54. The van der Waals surface area contributed by atoms with Crippen molar-refractivity contribution in [3.8, 4) is 11.8 Å². The summed E-state index contributed by atoms with van der Waals surface area (Å²) in [5, 5.41) is 0. The Kier molecular flexibility index (Phi) is 2.73. The molecule has 10 heavy (non-hydrogen) atoms. The molecule has 1 aliphatic carbocycles. The second-order valence-corrected chi connectivity index (χ2v) is 2.74. The van der Waals surface area contributed by atoms with Crippen molar-refractivity contribution >= 4 is 0 Å². The largest absolute Gasteiger partial charge is 0.271 e. The highest BCUT2D eigenvalue weighted by Gasteiger charge is 2.29. The molecule has 56 valence electrons. The monoisotopic (exact) mass is 138 g/mol. The van der Waals surface area contributed by atoms with Crippen LogP contribution < -0.4 is 11.3 Å². The summed E-state index contributed by atoms with van der Waals surface area (Å²) in [5.41, 5.74) is 2.80. The summed E-state index contributed by atoms with van der Waals surface area (Å²) in [6, 6.07) is 0.437. The molecule has 1 unspecified atom stereocenters. The van der Waals surface area contributed by atoms with Crippen LogP contribution in [-0.2, 0) is 0 Å². The molecule has 1 saturated carbocycles. The number of nitrogens with one attached hydrogen (secondary N) is 1. The molecule has 0 aliphatic heterocycles. The number of rotatable bonds is 3. The van der Waals surface area contributed by atoms with Gasteiger partial charge in [0.15, 0.2) is 0 Å². The third-order valence-corrected chi connectivity index (χ3v) is 1.90. The van der Waals surface area contributed by atoms with Gasteiger partial charge < -0.3 is 0 Å². The van der Waals surface area contributed by atoms with E-state index in [-0.39, 0.29) is 0 Å². The number of hydrogen-bond acceptors (Lipinski definition) is 2. The van der Waals surface area contributed by atoms with Crippen LogP contribution in [-0.4, -0.2) is 6.04 Å². The van der Waals surface area contributed by atoms with Crippen LogP contribution in [0.3, 0.4) is 0 Å². The Labute approximate surface area is 62.1 Å². The molecule has 2 heteroatoms. The molecule has 0 saturated heterocycles. The molecule has 1 atom stereocenters. The molecule has 0 heterocycles. The van der Waals surface area contributed by atoms with E-state index in [4.69, 9.17) is 5.84 Å². The molecule has 1 aliphatic rings. The van der Waals surface area contributed by atoms with E-state index in [2.05, 4.69) is 17.3 Å². The van der Waals surface area contributed by atoms with Crippen molar-refractivity contribution < 1.29 is 0 Å². The van der Waals surface area contributed by atoms with Gasteiger partial charge >= 0.3 is 0 Å². The summed E-state index contributed by atoms with van der Waals surface area (Å²) in [7, 11) is 0. The van der Waals surface area contributed by atoms with Crippen molar-refractivity contribution in [3.63, 3.8) is 0 Å². The van der Waals surface area contributed by atoms with E-state index in [1.807, 2.05) is 6.92 Å². The Hall–Kier alpha value is -0.520. The van der Waals surface area contributed by atoms with Crippen LogP contribution in [0.5, 0.6) is 0 Å². The predicted octanol–water partition coefficient (Wildman–Crippen LogP) is 0.642. The Morgan fingerprint density at radius 2 is 2.40 bits per heavy atom. The smallest absolute Gasteiger partial charge is 0.0348 e. The lowest BCUT2D eigenvalue weighted by Gasteiger charge is -2.09. The summed E-state index contributed by atoms with van der Waals surface area (Å²) < 4.78 is 0. The molecule has 0 aromatic carbocycles. The fraction of sp³-hybridized carbons (Fsp3) is 0.750. The van der Waals surface area contributed by atoms with Crippen molar-refractivity contribution in [2.24, 2.45) is 11.8 Å². The van der Waals surface area contributed by atoms with E-state index in [0.717, 1.165) is 12.3 Å². The molecule has 0 aromatic heterocycles. The van der Waals surface area contributed by atoms with E-state index >= 15 is 0 Å². The average Bonchev–Trinajstić information content (AvgIpc) is 2.73. The molecular formula is C8H14N2. The van der Waals surface area contributed by atoms with Crippen LogP contribution in [0.15, 0.2) is 0 Å². The quantitative estimate of drug-likeness (QED) is 0.341. The van der Waals surface area contributed by atoms with Gasteiger partial charge in [0.05, 0.1) is 0 Å². The van der Waals surface area contributed by atoms with Gasteiger partial charge in [-0.2, -0.15) is 0 Å². The lowest BCUT2D eigenvalue weighted by Crippen LogP contribution is -2.36. The molecule has 0 spiro atoms. The van der Waals surface area contributed by atoms with Gasteiger partial charge in [0.25, 0.3) is 0 Å². The van der Waals surface area contributed by atoms with Crippen LogP contribution in [0.4, 0.5) is 0 Å². The SMILES string of the molecule is CC#CCC(NN)C1CC1. The molecule has 0 bridgehead atoms. The zero-order chi connectivity index (χ0) is 7.40. The van der Waals surface area contributed by atoms with Gasteiger partial charge in [-0.05, 0) is 25.7 Å². The summed E-state index contributed by atoms with van der Waals surface area (Å²) in [5.74, 6) is 12.0. The van der Waals surface area contributed by atoms with Gasteiger partial charge in [-0.15, -0.1) is 11.8 Å². The summed E-state index contributed by atoms with van der Waals surface area (Å²) >= 11 is 0. The lowest BCUT2D eigenvalue weighted by molar-refractivity contribution is 0.485. The highest BCUT2D eigenvalue weighted by atomic mass is 15.2. The first kappa shape index (κ1) is 7.59. The van der Waals surface area contributed by atoms with Crippen molar-refractivity contribution in [2.45, 2.75) is 32.2 Å². The lowest BCUT2D eigenvalue weighted by atomic mass is 10.1. The summed E-state index contributed by atoms with van der Waals surface area (Å²) in [4.78, 5) is 0. The Morgan fingerprint density at radius 3 is 2.80 bits per heavy atom. The normalized spacial score (nSPS) is 19.4. The first-order valence-corrected chi connectivity index (χ1v) is 3.74. The van der Waals surface area contributed by atoms with Crippen molar-refractivity contribution in [1.29, 1.82) is 0 Å². The molecule has 1 rings (SSSR count). The van der Waals surface area contributed by atoms with Crippen molar-refractivity contribution in [3.05, 3.63) is 0 Å². The third kappa shape index (κ3) is 2.02. The van der Waals surface area contributed by atoms with E-state index in [1.54, 1.807) is 0 Å². The fourth-order valence-electron chi connectivity index (χ4n) is 1.07. The maximum absolute atomic E-state index is 5.34. The topological polar surface area (TPSA) is 38.0 Å². The van der Waals surface area contributed by atoms with Crippen LogP contribution in [0.1, 0.15) is 26.2 Å². The van der Waals surface area contributed by atoms with E-state index in [1.165, 1.54) is 12.8 Å². The second kappa shape index (κ2) is 3.60. The third-order valence-electron chi connectivity index (χ3n) is 1.90. The maximum atomic E-state index is 5.34. The minimum Gasteiger partial charge on any atom is -0.271 e. The Morgan fingerprint density at radius 1 is 1.70 bits per heavy atom. The van der Waals surface area contributed by atoms with Crippen molar-refractivity contribution in [1.82, 2.24) is 5.43 Å². The van der Waals surface area contributed by atoms with E-state index in [0.29, 0.717) is 6.04 Å². The Bertz CT molecular complexity index is 150. The molecule has 0 radical (unpaired) electrons. The first-order valence-electron chi connectivity index (χ1n) is 3.74. The maximum Gasteiger partial charge on any atom is 0.0348 e. The van der Waals surface area contributed by atoms with Gasteiger partial charge in [-0.1, -0.05) is 0 Å². The fourth-order valence-corrected chi connectivity index (χ4v) is 1.07. The van der Waals surface area contributed by atoms with E-state index in [9.17, 15) is 0 Å². The standard InChI is InChI=1S/C8H14N2/c1-2-3-4-8(10-9)7-5-6-7/h7-8,10H,4-6,9H2,1H3. The van der Waals surface area contributed by atoms with Crippen LogP contribution in [0.2, 0.25) is 0 Å². The van der Waals surface area contributed by atoms with Gasteiger partial charge in [0, 0.05) is 12.5 Å². The van der Waals surface area contributed by atoms with Crippen molar-refractivity contribution in [2.75, 3.05) is 0 Å². The number of hydrogen-bond donors (Lipinski definition) is 2. The van der Waals surface area contributed by atoms with E-state index < -0.39 is 0 Å². The highest BCUT2D eigenvalue weighted by molar-refractivity contribution is 5.01.